The Balaban J connectivity index is 1.87. The molecule has 0 fully saturated rings. The highest BCUT2D eigenvalue weighted by molar-refractivity contribution is 6.04. The number of carbonyl (C=O) groups is 2. The van der Waals surface area contributed by atoms with Gasteiger partial charge in [0.1, 0.15) is 12.4 Å². The smallest absolute Gasteiger partial charge is 0.255 e. The second-order valence-electron chi connectivity index (χ2n) is 5.50. The van der Waals surface area contributed by atoms with Crippen LogP contribution in [0.2, 0.25) is 0 Å². The van der Waals surface area contributed by atoms with E-state index in [4.69, 9.17) is 9.47 Å². The maximum atomic E-state index is 12.3. The molecule has 0 radical (unpaired) electrons. The van der Waals surface area contributed by atoms with Crippen LogP contribution in [0.1, 0.15) is 30.6 Å². The maximum absolute atomic E-state index is 12.3. The van der Waals surface area contributed by atoms with Gasteiger partial charge in [0.25, 0.3) is 5.91 Å². The molecule has 6 heteroatoms. The topological polar surface area (TPSA) is 76.7 Å². The van der Waals surface area contributed by atoms with E-state index in [0.717, 1.165) is 0 Å². The summed E-state index contributed by atoms with van der Waals surface area (Å²) in [5, 5.41) is 5.58. The number of nitrogens with one attached hydrogen (secondary N) is 2. The van der Waals surface area contributed by atoms with Gasteiger partial charge in [0.15, 0.2) is 0 Å². The number of benzene rings is 2. The molecule has 2 amide bonds. The molecule has 0 aliphatic heterocycles. The third-order valence-corrected chi connectivity index (χ3v) is 3.56. The molecule has 0 saturated heterocycles. The standard InChI is InChI=1S/C20H24N2O4/c1-3-19(23)21-16-7-9-17(10-8-16)22-20(24)15-5-11-18(12-6-15)26-14-13-25-4-2/h5-12H,3-4,13-14H2,1-2H3,(H,21,23)(H,22,24). The molecule has 0 aliphatic carbocycles. The predicted octanol–water partition coefficient (Wildman–Crippen LogP) is 3.70. The van der Waals surface area contributed by atoms with Crippen molar-refractivity contribution in [1.29, 1.82) is 0 Å². The third kappa shape index (κ3) is 6.22. The van der Waals surface area contributed by atoms with Gasteiger partial charge in [0.2, 0.25) is 5.91 Å². The second kappa shape index (κ2) is 10.2. The van der Waals surface area contributed by atoms with E-state index in [-0.39, 0.29) is 11.8 Å². The zero-order valence-corrected chi connectivity index (χ0v) is 15.1. The number of amides is 2. The first-order valence-corrected chi connectivity index (χ1v) is 8.64. The Kier molecular flexibility index (Phi) is 7.64. The fourth-order valence-electron chi connectivity index (χ4n) is 2.15. The van der Waals surface area contributed by atoms with Gasteiger partial charge in [-0.15, -0.1) is 0 Å². The predicted molar refractivity (Wildman–Crippen MR) is 102 cm³/mol. The Morgan fingerprint density at radius 3 is 2.04 bits per heavy atom. The van der Waals surface area contributed by atoms with Crippen LogP contribution < -0.4 is 15.4 Å². The molecule has 0 saturated carbocycles. The summed E-state index contributed by atoms with van der Waals surface area (Å²) in [5.74, 6) is 0.429. The maximum Gasteiger partial charge on any atom is 0.255 e. The normalized spacial score (nSPS) is 10.2. The molecular formula is C20H24N2O4. The minimum Gasteiger partial charge on any atom is -0.491 e. The minimum absolute atomic E-state index is 0.0506. The van der Waals surface area contributed by atoms with Gasteiger partial charge in [-0.3, -0.25) is 9.59 Å². The van der Waals surface area contributed by atoms with Gasteiger partial charge >= 0.3 is 0 Å². The molecule has 138 valence electrons. The number of hydrogen-bond acceptors (Lipinski definition) is 4. The Hall–Kier alpha value is -2.86. The van der Waals surface area contributed by atoms with Crippen molar-refractivity contribution in [3.05, 3.63) is 54.1 Å². The first-order chi connectivity index (χ1) is 12.6. The molecule has 0 bridgehead atoms. The first-order valence-electron chi connectivity index (χ1n) is 8.64. The molecule has 0 aromatic heterocycles. The monoisotopic (exact) mass is 356 g/mol. The van der Waals surface area contributed by atoms with Crippen molar-refractivity contribution in [2.24, 2.45) is 0 Å². The van der Waals surface area contributed by atoms with E-state index < -0.39 is 0 Å². The molecule has 26 heavy (non-hydrogen) atoms. The quantitative estimate of drug-likeness (QED) is 0.672. The van der Waals surface area contributed by atoms with E-state index in [1.807, 2.05) is 6.92 Å². The first kappa shape index (κ1) is 19.5. The van der Waals surface area contributed by atoms with E-state index in [1.54, 1.807) is 55.5 Å². The largest absolute Gasteiger partial charge is 0.491 e. The highest BCUT2D eigenvalue weighted by Crippen LogP contribution is 2.16. The summed E-state index contributed by atoms with van der Waals surface area (Å²) >= 11 is 0. The molecule has 0 heterocycles. The molecule has 6 nitrogen and oxygen atoms in total. The lowest BCUT2D eigenvalue weighted by atomic mass is 10.2. The highest BCUT2D eigenvalue weighted by Gasteiger charge is 2.07. The van der Waals surface area contributed by atoms with Crippen LogP contribution in [0.5, 0.6) is 5.75 Å². The van der Waals surface area contributed by atoms with Gasteiger partial charge in [-0.1, -0.05) is 6.92 Å². The summed E-state index contributed by atoms with van der Waals surface area (Å²) < 4.78 is 10.7. The number of carbonyl (C=O) groups excluding carboxylic acids is 2. The van der Waals surface area contributed by atoms with Crippen LogP contribution in [0.3, 0.4) is 0 Å². The molecule has 2 rings (SSSR count). The molecule has 0 spiro atoms. The number of rotatable bonds is 9. The number of hydrogen-bond donors (Lipinski definition) is 2. The molecule has 0 atom stereocenters. The number of ether oxygens (including phenoxy) is 2. The van der Waals surface area contributed by atoms with Crippen LogP contribution in [0.15, 0.2) is 48.5 Å². The van der Waals surface area contributed by atoms with E-state index >= 15 is 0 Å². The van der Waals surface area contributed by atoms with Crippen molar-refractivity contribution in [2.45, 2.75) is 20.3 Å². The Morgan fingerprint density at radius 2 is 1.46 bits per heavy atom. The molecule has 2 aromatic carbocycles. The van der Waals surface area contributed by atoms with Crippen molar-refractivity contribution in [3.8, 4) is 5.75 Å². The average molecular weight is 356 g/mol. The fourth-order valence-corrected chi connectivity index (χ4v) is 2.15. The van der Waals surface area contributed by atoms with Crippen LogP contribution in [-0.2, 0) is 9.53 Å². The molecule has 0 unspecified atom stereocenters. The summed E-state index contributed by atoms with van der Waals surface area (Å²) in [4.78, 5) is 23.6. The lowest BCUT2D eigenvalue weighted by molar-refractivity contribution is -0.115. The van der Waals surface area contributed by atoms with Crippen LogP contribution in [0.4, 0.5) is 11.4 Å². The van der Waals surface area contributed by atoms with Gasteiger partial charge in [-0.25, -0.2) is 0 Å². The van der Waals surface area contributed by atoms with Gasteiger partial charge in [0, 0.05) is 30.0 Å². The highest BCUT2D eigenvalue weighted by atomic mass is 16.5. The fraction of sp³-hybridized carbons (Fsp3) is 0.300. The van der Waals surface area contributed by atoms with Crippen LogP contribution in [-0.4, -0.2) is 31.6 Å². The van der Waals surface area contributed by atoms with Gasteiger partial charge in [0.05, 0.1) is 6.61 Å². The zero-order valence-electron chi connectivity index (χ0n) is 15.1. The van der Waals surface area contributed by atoms with Crippen molar-refractivity contribution >= 4 is 23.2 Å². The molecule has 2 aromatic rings. The van der Waals surface area contributed by atoms with Crippen molar-refractivity contribution in [2.75, 3.05) is 30.5 Å². The van der Waals surface area contributed by atoms with Crippen molar-refractivity contribution in [1.82, 2.24) is 0 Å². The molecular weight excluding hydrogens is 332 g/mol. The Labute approximate surface area is 153 Å². The summed E-state index contributed by atoms with van der Waals surface area (Å²) in [7, 11) is 0. The van der Waals surface area contributed by atoms with E-state index in [1.165, 1.54) is 0 Å². The lowest BCUT2D eigenvalue weighted by Crippen LogP contribution is -2.12. The summed E-state index contributed by atoms with van der Waals surface area (Å²) in [6.45, 7) is 5.39. The third-order valence-electron chi connectivity index (χ3n) is 3.56. The molecule has 0 aliphatic rings. The van der Waals surface area contributed by atoms with Gasteiger partial charge in [-0.05, 0) is 55.5 Å². The molecule has 2 N–H and O–H groups in total. The SMILES string of the molecule is CCOCCOc1ccc(C(=O)Nc2ccc(NC(=O)CC)cc2)cc1. The van der Waals surface area contributed by atoms with E-state index in [9.17, 15) is 9.59 Å². The summed E-state index contributed by atoms with van der Waals surface area (Å²) in [6.07, 6.45) is 0.420. The number of anilines is 2. The Bertz CT molecular complexity index is 712. The van der Waals surface area contributed by atoms with Crippen molar-refractivity contribution < 1.29 is 19.1 Å². The van der Waals surface area contributed by atoms with E-state index in [2.05, 4.69) is 10.6 Å². The average Bonchev–Trinajstić information content (AvgIpc) is 2.67. The van der Waals surface area contributed by atoms with Crippen LogP contribution >= 0.6 is 0 Å². The summed E-state index contributed by atoms with van der Waals surface area (Å²) in [5.41, 5.74) is 1.88. The lowest BCUT2D eigenvalue weighted by Gasteiger charge is -2.09. The van der Waals surface area contributed by atoms with Crippen molar-refractivity contribution in [3.63, 3.8) is 0 Å². The Morgan fingerprint density at radius 1 is 0.846 bits per heavy atom. The van der Waals surface area contributed by atoms with E-state index in [0.29, 0.717) is 48.9 Å². The minimum atomic E-state index is -0.212. The zero-order chi connectivity index (χ0) is 18.8. The van der Waals surface area contributed by atoms with Gasteiger partial charge in [-0.2, -0.15) is 0 Å². The second-order valence-corrected chi connectivity index (χ2v) is 5.50. The van der Waals surface area contributed by atoms with Crippen LogP contribution in [0, 0.1) is 0 Å². The summed E-state index contributed by atoms with van der Waals surface area (Å²) in [6, 6.07) is 13.9. The van der Waals surface area contributed by atoms with Crippen LogP contribution in [0.25, 0.3) is 0 Å². The van der Waals surface area contributed by atoms with Gasteiger partial charge < -0.3 is 20.1 Å².